The van der Waals surface area contributed by atoms with Crippen LogP contribution >= 0.6 is 0 Å². The number of aromatic nitrogens is 1. The van der Waals surface area contributed by atoms with Gasteiger partial charge in [-0.05, 0) is 42.2 Å². The van der Waals surface area contributed by atoms with E-state index < -0.39 is 0 Å². The lowest BCUT2D eigenvalue weighted by atomic mass is 10.0. The van der Waals surface area contributed by atoms with Crippen molar-refractivity contribution in [1.82, 2.24) is 9.88 Å². The van der Waals surface area contributed by atoms with E-state index in [0.29, 0.717) is 11.9 Å². The van der Waals surface area contributed by atoms with Crippen LogP contribution in [0.1, 0.15) is 19.3 Å². The fourth-order valence-electron chi connectivity index (χ4n) is 2.70. The number of aliphatic hydroxyl groups excluding tert-OH is 1. The van der Waals surface area contributed by atoms with Crippen LogP contribution in [0.3, 0.4) is 0 Å². The lowest BCUT2D eigenvalue weighted by molar-refractivity contribution is -0.121. The van der Waals surface area contributed by atoms with Gasteiger partial charge in [0, 0.05) is 24.7 Å². The number of nitrogens with one attached hydrogen (secondary N) is 1. The fourth-order valence-corrected chi connectivity index (χ4v) is 2.70. The van der Waals surface area contributed by atoms with Gasteiger partial charge in [-0.25, -0.2) is 0 Å². The third kappa shape index (κ3) is 3.04. The van der Waals surface area contributed by atoms with Gasteiger partial charge in [-0.1, -0.05) is 18.2 Å². The Bertz CT molecular complexity index is 747. The first-order chi connectivity index (χ1) is 10.6. The number of aliphatic hydroxyl groups is 1. The molecular weight excluding hydrogens is 280 g/mol. The number of rotatable bonds is 6. The highest BCUT2D eigenvalue weighted by molar-refractivity contribution is 5.82. The Hall–Kier alpha value is -2.14. The molecule has 0 aliphatic heterocycles. The molecule has 0 radical (unpaired) electrons. The molecular formula is C17H20N2O3. The molecule has 22 heavy (non-hydrogen) atoms. The van der Waals surface area contributed by atoms with Crippen LogP contribution in [0.4, 0.5) is 0 Å². The second-order valence-corrected chi connectivity index (χ2v) is 6.09. The van der Waals surface area contributed by atoms with Gasteiger partial charge in [-0.15, -0.1) is 0 Å². The van der Waals surface area contributed by atoms with Gasteiger partial charge in [-0.2, -0.15) is 0 Å². The van der Waals surface area contributed by atoms with Crippen molar-refractivity contribution in [2.24, 2.45) is 5.41 Å². The number of amides is 1. The van der Waals surface area contributed by atoms with Gasteiger partial charge in [-0.3, -0.25) is 9.59 Å². The Balaban J connectivity index is 1.62. The third-order valence-electron chi connectivity index (χ3n) is 4.47. The number of hydrogen-bond acceptors (Lipinski definition) is 3. The summed E-state index contributed by atoms with van der Waals surface area (Å²) in [4.78, 5) is 24.3. The van der Waals surface area contributed by atoms with Gasteiger partial charge in [0.1, 0.15) is 6.54 Å². The molecule has 1 aromatic heterocycles. The van der Waals surface area contributed by atoms with E-state index in [1.165, 1.54) is 4.57 Å². The molecule has 1 fully saturated rings. The van der Waals surface area contributed by atoms with Crippen LogP contribution in [0.25, 0.3) is 10.8 Å². The SMILES string of the molecule is O=C(Cn1ccc2ccccc2c1=O)NCCC1(CO)CC1. The maximum Gasteiger partial charge on any atom is 0.258 e. The van der Waals surface area contributed by atoms with Crippen LogP contribution in [0.15, 0.2) is 41.3 Å². The maximum atomic E-state index is 12.3. The molecule has 1 amide bonds. The number of carbonyl (C=O) groups is 1. The fraction of sp³-hybridized carbons (Fsp3) is 0.412. The minimum absolute atomic E-state index is 0.0236. The van der Waals surface area contributed by atoms with Crippen LogP contribution in [0.5, 0.6) is 0 Å². The minimum Gasteiger partial charge on any atom is -0.396 e. The smallest absolute Gasteiger partial charge is 0.258 e. The highest BCUT2D eigenvalue weighted by atomic mass is 16.3. The summed E-state index contributed by atoms with van der Waals surface area (Å²) in [5.74, 6) is -0.175. The number of nitrogens with zero attached hydrogens (tertiary/aromatic N) is 1. The number of benzene rings is 1. The van der Waals surface area contributed by atoms with E-state index in [2.05, 4.69) is 5.32 Å². The maximum absolute atomic E-state index is 12.3. The van der Waals surface area contributed by atoms with Crippen LogP contribution in [0, 0.1) is 5.41 Å². The molecule has 0 saturated heterocycles. The van der Waals surface area contributed by atoms with Gasteiger partial charge in [0.05, 0.1) is 0 Å². The van der Waals surface area contributed by atoms with Crippen molar-refractivity contribution in [3.8, 4) is 0 Å². The summed E-state index contributed by atoms with van der Waals surface area (Å²) in [5.41, 5.74) is -0.116. The van der Waals surface area contributed by atoms with Crippen LogP contribution in [0.2, 0.25) is 0 Å². The molecule has 0 atom stereocenters. The van der Waals surface area contributed by atoms with Crippen molar-refractivity contribution < 1.29 is 9.90 Å². The Morgan fingerprint density at radius 2 is 2.05 bits per heavy atom. The molecule has 5 heteroatoms. The van der Waals surface area contributed by atoms with E-state index in [1.54, 1.807) is 12.3 Å². The average molecular weight is 300 g/mol. The summed E-state index contributed by atoms with van der Waals surface area (Å²) in [5, 5.41) is 13.6. The first-order valence-corrected chi connectivity index (χ1v) is 7.59. The number of carbonyl (C=O) groups excluding carboxylic acids is 1. The quantitative estimate of drug-likeness (QED) is 0.844. The van der Waals surface area contributed by atoms with Crippen LogP contribution in [-0.4, -0.2) is 28.7 Å². The normalized spacial score (nSPS) is 15.7. The summed E-state index contributed by atoms with van der Waals surface area (Å²) in [6, 6.07) is 9.19. The van der Waals surface area contributed by atoms with Crippen molar-refractivity contribution >= 4 is 16.7 Å². The van der Waals surface area contributed by atoms with Crippen LogP contribution < -0.4 is 10.9 Å². The standard InChI is InChI=1S/C17H20N2O3/c20-12-17(6-7-17)8-9-18-15(21)11-19-10-5-13-3-1-2-4-14(13)16(19)22/h1-5,10,20H,6-9,11-12H2,(H,18,21). The molecule has 1 saturated carbocycles. The zero-order chi connectivity index (χ0) is 15.6. The molecule has 1 heterocycles. The highest BCUT2D eigenvalue weighted by Gasteiger charge is 2.41. The van der Waals surface area contributed by atoms with Crippen molar-refractivity contribution in [2.45, 2.75) is 25.8 Å². The Kier molecular flexibility index (Phi) is 3.98. The van der Waals surface area contributed by atoms with E-state index in [1.807, 2.05) is 24.3 Å². The summed E-state index contributed by atoms with van der Waals surface area (Å²) < 4.78 is 1.43. The molecule has 5 nitrogen and oxygen atoms in total. The van der Waals surface area contributed by atoms with Gasteiger partial charge in [0.15, 0.2) is 0 Å². The van der Waals surface area contributed by atoms with E-state index >= 15 is 0 Å². The predicted octanol–water partition coefficient (Wildman–Crippen LogP) is 1.28. The van der Waals surface area contributed by atoms with E-state index in [-0.39, 0.29) is 30.0 Å². The number of hydrogen-bond donors (Lipinski definition) is 2. The molecule has 0 bridgehead atoms. The molecule has 0 unspecified atom stereocenters. The van der Waals surface area contributed by atoms with Crippen molar-refractivity contribution in [2.75, 3.05) is 13.2 Å². The Morgan fingerprint density at radius 1 is 1.27 bits per heavy atom. The third-order valence-corrected chi connectivity index (χ3v) is 4.47. The summed E-state index contributed by atoms with van der Waals surface area (Å²) >= 11 is 0. The molecule has 1 aromatic carbocycles. The zero-order valence-electron chi connectivity index (χ0n) is 12.4. The average Bonchev–Trinajstić information content (AvgIpc) is 3.31. The lowest BCUT2D eigenvalue weighted by Gasteiger charge is -2.12. The molecule has 1 aliphatic rings. The molecule has 1 aliphatic carbocycles. The minimum atomic E-state index is -0.175. The second-order valence-electron chi connectivity index (χ2n) is 6.09. The van der Waals surface area contributed by atoms with Crippen molar-refractivity contribution in [1.29, 1.82) is 0 Å². The largest absolute Gasteiger partial charge is 0.396 e. The van der Waals surface area contributed by atoms with Gasteiger partial charge in [0.2, 0.25) is 5.91 Å². The predicted molar refractivity (Wildman–Crippen MR) is 84.6 cm³/mol. The van der Waals surface area contributed by atoms with E-state index in [9.17, 15) is 14.7 Å². The Morgan fingerprint density at radius 3 is 2.77 bits per heavy atom. The highest BCUT2D eigenvalue weighted by Crippen LogP contribution is 2.47. The van der Waals surface area contributed by atoms with Gasteiger partial charge < -0.3 is 15.0 Å². The topological polar surface area (TPSA) is 71.3 Å². The van der Waals surface area contributed by atoms with Gasteiger partial charge in [0.25, 0.3) is 5.56 Å². The summed E-state index contributed by atoms with van der Waals surface area (Å²) in [7, 11) is 0. The van der Waals surface area contributed by atoms with Crippen LogP contribution in [-0.2, 0) is 11.3 Å². The Labute approximate surface area is 128 Å². The molecule has 116 valence electrons. The molecule has 2 N–H and O–H groups in total. The number of fused-ring (bicyclic) bond motifs is 1. The first kappa shape index (κ1) is 14.8. The first-order valence-electron chi connectivity index (χ1n) is 7.59. The second kappa shape index (κ2) is 5.93. The van der Waals surface area contributed by atoms with E-state index in [0.717, 1.165) is 24.6 Å². The van der Waals surface area contributed by atoms with Crippen molar-refractivity contribution in [3.05, 3.63) is 46.9 Å². The monoisotopic (exact) mass is 300 g/mol. The summed E-state index contributed by atoms with van der Waals surface area (Å²) in [6.07, 6.45) is 4.51. The lowest BCUT2D eigenvalue weighted by Crippen LogP contribution is -2.33. The van der Waals surface area contributed by atoms with E-state index in [4.69, 9.17) is 0 Å². The van der Waals surface area contributed by atoms with Crippen molar-refractivity contribution in [3.63, 3.8) is 0 Å². The molecule has 3 rings (SSSR count). The van der Waals surface area contributed by atoms with Gasteiger partial charge >= 0.3 is 0 Å². The summed E-state index contributed by atoms with van der Waals surface area (Å²) in [6.45, 7) is 0.754. The molecule has 0 spiro atoms. The zero-order valence-corrected chi connectivity index (χ0v) is 12.4. The number of pyridine rings is 1. The molecule has 2 aromatic rings.